The summed E-state index contributed by atoms with van der Waals surface area (Å²) in [6, 6.07) is 7.34. The van der Waals surface area contributed by atoms with Crippen LogP contribution in [0.5, 0.6) is 0 Å². The van der Waals surface area contributed by atoms with Crippen molar-refractivity contribution >= 4 is 11.6 Å². The first kappa shape index (κ1) is 9.09. The lowest BCUT2D eigenvalue weighted by molar-refractivity contribution is 1.11. The normalized spacial score (nSPS) is 10.1. The van der Waals surface area contributed by atoms with Crippen molar-refractivity contribution in [1.82, 2.24) is 15.0 Å². The molecule has 0 saturated heterocycles. The molecule has 2 rings (SSSR count). The lowest BCUT2D eigenvalue weighted by atomic mass is 10.3. The molecule has 4 heteroatoms. The standard InChI is InChI=1S/C10H8ClN3/c1-7-3-2-4-8(13-7)10-12-6-5-9(11)14-10/h2-6H,1H3. The molecular formula is C10H8ClN3. The topological polar surface area (TPSA) is 38.7 Å². The van der Waals surface area contributed by atoms with Crippen LogP contribution in [0.25, 0.3) is 11.5 Å². The van der Waals surface area contributed by atoms with Crippen LogP contribution in [0.1, 0.15) is 5.69 Å². The van der Waals surface area contributed by atoms with E-state index in [0.717, 1.165) is 11.4 Å². The summed E-state index contributed by atoms with van der Waals surface area (Å²) in [6.45, 7) is 1.92. The van der Waals surface area contributed by atoms with Gasteiger partial charge < -0.3 is 0 Å². The quantitative estimate of drug-likeness (QED) is 0.672. The van der Waals surface area contributed by atoms with Crippen LogP contribution in [-0.4, -0.2) is 15.0 Å². The summed E-state index contributed by atoms with van der Waals surface area (Å²) in [5, 5.41) is 0.429. The SMILES string of the molecule is Cc1cccc(-c2nccc(Cl)n2)n1. The summed E-state index contributed by atoms with van der Waals surface area (Å²) in [4.78, 5) is 12.5. The Morgan fingerprint density at radius 2 is 2.00 bits per heavy atom. The third-order valence-electron chi connectivity index (χ3n) is 1.74. The average molecular weight is 206 g/mol. The first-order chi connectivity index (χ1) is 6.75. The van der Waals surface area contributed by atoms with Crippen LogP contribution in [0.4, 0.5) is 0 Å². The van der Waals surface area contributed by atoms with Crippen molar-refractivity contribution < 1.29 is 0 Å². The highest BCUT2D eigenvalue weighted by molar-refractivity contribution is 6.29. The molecule has 0 unspecified atom stereocenters. The Hall–Kier alpha value is -1.48. The Bertz CT molecular complexity index is 413. The fourth-order valence-corrected chi connectivity index (χ4v) is 1.26. The van der Waals surface area contributed by atoms with Gasteiger partial charge in [-0.25, -0.2) is 15.0 Å². The highest BCUT2D eigenvalue weighted by Gasteiger charge is 2.02. The van der Waals surface area contributed by atoms with Crippen LogP contribution in [0.15, 0.2) is 30.5 Å². The van der Waals surface area contributed by atoms with E-state index < -0.39 is 0 Å². The minimum Gasteiger partial charge on any atom is -0.250 e. The van der Waals surface area contributed by atoms with Crippen LogP contribution in [0, 0.1) is 6.92 Å². The zero-order chi connectivity index (χ0) is 9.97. The van der Waals surface area contributed by atoms with Crippen LogP contribution in [0.3, 0.4) is 0 Å². The molecule has 2 aromatic rings. The number of halogens is 1. The monoisotopic (exact) mass is 205 g/mol. The van der Waals surface area contributed by atoms with E-state index in [0.29, 0.717) is 11.0 Å². The molecule has 3 nitrogen and oxygen atoms in total. The zero-order valence-corrected chi connectivity index (χ0v) is 8.36. The summed E-state index contributed by atoms with van der Waals surface area (Å²) < 4.78 is 0. The smallest absolute Gasteiger partial charge is 0.179 e. The van der Waals surface area contributed by atoms with Crippen molar-refractivity contribution in [1.29, 1.82) is 0 Å². The molecule has 0 spiro atoms. The third kappa shape index (κ3) is 1.88. The average Bonchev–Trinajstić information content (AvgIpc) is 2.18. The molecule has 14 heavy (non-hydrogen) atoms. The minimum atomic E-state index is 0.429. The molecule has 0 aliphatic carbocycles. The van der Waals surface area contributed by atoms with E-state index >= 15 is 0 Å². The molecule has 0 aliphatic rings. The Morgan fingerprint density at radius 3 is 2.71 bits per heavy atom. The van der Waals surface area contributed by atoms with Crippen LogP contribution < -0.4 is 0 Å². The molecule has 0 atom stereocenters. The van der Waals surface area contributed by atoms with Crippen LogP contribution >= 0.6 is 11.6 Å². The Kier molecular flexibility index (Phi) is 2.41. The van der Waals surface area contributed by atoms with Gasteiger partial charge in [-0.1, -0.05) is 17.7 Å². The predicted octanol–water partition coefficient (Wildman–Crippen LogP) is 2.50. The molecule has 0 amide bonds. The Balaban J connectivity index is 2.49. The van der Waals surface area contributed by atoms with Gasteiger partial charge in [0.1, 0.15) is 10.8 Å². The van der Waals surface area contributed by atoms with Gasteiger partial charge in [-0.05, 0) is 25.1 Å². The number of rotatable bonds is 1. The number of aryl methyl sites for hydroxylation is 1. The number of pyridine rings is 1. The van der Waals surface area contributed by atoms with E-state index in [1.165, 1.54) is 0 Å². The highest BCUT2D eigenvalue weighted by Crippen LogP contribution is 2.13. The van der Waals surface area contributed by atoms with Gasteiger partial charge in [0.15, 0.2) is 5.82 Å². The van der Waals surface area contributed by atoms with Gasteiger partial charge in [0.25, 0.3) is 0 Å². The molecule has 70 valence electrons. The molecule has 0 aliphatic heterocycles. The summed E-state index contributed by atoms with van der Waals surface area (Å²) >= 11 is 5.76. The number of hydrogen-bond donors (Lipinski definition) is 0. The number of hydrogen-bond acceptors (Lipinski definition) is 3. The van der Waals surface area contributed by atoms with E-state index in [1.54, 1.807) is 12.3 Å². The summed E-state index contributed by atoms with van der Waals surface area (Å²) in [7, 11) is 0. The first-order valence-corrected chi connectivity index (χ1v) is 4.56. The first-order valence-electron chi connectivity index (χ1n) is 4.18. The Labute approximate surface area is 86.8 Å². The van der Waals surface area contributed by atoms with Gasteiger partial charge in [0.05, 0.1) is 0 Å². The molecule has 0 bridgehead atoms. The highest BCUT2D eigenvalue weighted by atomic mass is 35.5. The van der Waals surface area contributed by atoms with Crippen molar-refractivity contribution in [3.05, 3.63) is 41.3 Å². The molecule has 0 aromatic carbocycles. The predicted molar refractivity (Wildman–Crippen MR) is 55.0 cm³/mol. The maximum atomic E-state index is 5.76. The van der Waals surface area contributed by atoms with Crippen molar-refractivity contribution in [3.8, 4) is 11.5 Å². The van der Waals surface area contributed by atoms with E-state index in [1.807, 2.05) is 25.1 Å². The minimum absolute atomic E-state index is 0.429. The lowest BCUT2D eigenvalue weighted by Crippen LogP contribution is -1.92. The zero-order valence-electron chi connectivity index (χ0n) is 7.61. The van der Waals surface area contributed by atoms with Crippen LogP contribution in [-0.2, 0) is 0 Å². The fourth-order valence-electron chi connectivity index (χ4n) is 1.13. The van der Waals surface area contributed by atoms with Crippen molar-refractivity contribution in [2.45, 2.75) is 6.92 Å². The fraction of sp³-hybridized carbons (Fsp3) is 0.100. The molecule has 0 fully saturated rings. The molecule has 0 saturated carbocycles. The summed E-state index contributed by atoms with van der Waals surface area (Å²) in [5.41, 5.74) is 1.68. The summed E-state index contributed by atoms with van der Waals surface area (Å²) in [6.07, 6.45) is 1.62. The van der Waals surface area contributed by atoms with Crippen LogP contribution in [0.2, 0.25) is 5.15 Å². The van der Waals surface area contributed by atoms with Gasteiger partial charge in [-0.3, -0.25) is 0 Å². The maximum absolute atomic E-state index is 5.76. The Morgan fingerprint density at radius 1 is 1.14 bits per heavy atom. The molecule has 0 N–H and O–H groups in total. The second kappa shape index (κ2) is 3.72. The second-order valence-electron chi connectivity index (χ2n) is 2.87. The van der Waals surface area contributed by atoms with Crippen molar-refractivity contribution in [2.75, 3.05) is 0 Å². The van der Waals surface area contributed by atoms with E-state index in [4.69, 9.17) is 11.6 Å². The number of nitrogens with zero attached hydrogens (tertiary/aromatic N) is 3. The van der Waals surface area contributed by atoms with Gasteiger partial charge in [0, 0.05) is 11.9 Å². The van der Waals surface area contributed by atoms with Gasteiger partial charge in [-0.15, -0.1) is 0 Å². The van der Waals surface area contributed by atoms with Crippen molar-refractivity contribution in [2.24, 2.45) is 0 Å². The molecule has 2 heterocycles. The largest absolute Gasteiger partial charge is 0.250 e. The third-order valence-corrected chi connectivity index (χ3v) is 1.95. The van der Waals surface area contributed by atoms with E-state index in [-0.39, 0.29) is 0 Å². The van der Waals surface area contributed by atoms with Crippen molar-refractivity contribution in [3.63, 3.8) is 0 Å². The van der Waals surface area contributed by atoms with E-state index in [2.05, 4.69) is 15.0 Å². The molecular weight excluding hydrogens is 198 g/mol. The molecule has 2 aromatic heterocycles. The van der Waals surface area contributed by atoms with E-state index in [9.17, 15) is 0 Å². The second-order valence-corrected chi connectivity index (χ2v) is 3.25. The molecule has 0 radical (unpaired) electrons. The van der Waals surface area contributed by atoms with Gasteiger partial charge in [0.2, 0.25) is 0 Å². The van der Waals surface area contributed by atoms with Gasteiger partial charge in [-0.2, -0.15) is 0 Å². The number of aromatic nitrogens is 3. The summed E-state index contributed by atoms with van der Waals surface area (Å²) in [5.74, 6) is 0.557. The maximum Gasteiger partial charge on any atom is 0.179 e. The lowest BCUT2D eigenvalue weighted by Gasteiger charge is -1.99. The van der Waals surface area contributed by atoms with Gasteiger partial charge >= 0.3 is 0 Å².